The largest absolute Gasteiger partial charge is 0.486 e. The third-order valence-electron chi connectivity index (χ3n) is 5.85. The van der Waals surface area contributed by atoms with Crippen molar-refractivity contribution in [3.05, 3.63) is 52.7 Å². The van der Waals surface area contributed by atoms with Crippen molar-refractivity contribution >= 4 is 28.2 Å². The summed E-state index contributed by atoms with van der Waals surface area (Å²) in [5, 5.41) is 14.3. The van der Waals surface area contributed by atoms with Crippen molar-refractivity contribution in [3.63, 3.8) is 0 Å². The van der Waals surface area contributed by atoms with Gasteiger partial charge in [0.15, 0.2) is 16.7 Å². The number of hydrogen-bond donors (Lipinski definition) is 3. The van der Waals surface area contributed by atoms with E-state index in [4.69, 9.17) is 10.5 Å². The predicted octanol–water partition coefficient (Wildman–Crippen LogP) is 4.35. The zero-order valence-electron chi connectivity index (χ0n) is 17.0. The van der Waals surface area contributed by atoms with E-state index in [2.05, 4.69) is 15.3 Å². The number of carbonyl (C=O) groups excluding carboxylic acids is 1. The van der Waals surface area contributed by atoms with Crippen molar-refractivity contribution in [2.45, 2.75) is 50.7 Å². The lowest BCUT2D eigenvalue weighted by atomic mass is 9.96. The van der Waals surface area contributed by atoms with Gasteiger partial charge in [-0.05, 0) is 62.3 Å². The number of rotatable bonds is 6. The molecule has 7 nitrogen and oxygen atoms in total. The fourth-order valence-corrected chi connectivity index (χ4v) is 4.99. The van der Waals surface area contributed by atoms with E-state index >= 15 is 0 Å². The molecule has 0 spiro atoms. The highest BCUT2D eigenvalue weighted by Gasteiger charge is 2.26. The molecule has 31 heavy (non-hydrogen) atoms. The molecule has 1 fully saturated rings. The van der Waals surface area contributed by atoms with Gasteiger partial charge >= 0.3 is 0 Å². The SMILES string of the molecule is NC(=O)c1cccc(-c2ccnc(Nc3nc4c(s3)CCCC4O)c2OC2CCC2)c1. The van der Waals surface area contributed by atoms with E-state index in [-0.39, 0.29) is 6.10 Å². The summed E-state index contributed by atoms with van der Waals surface area (Å²) in [5.41, 5.74) is 8.37. The highest BCUT2D eigenvalue weighted by Crippen LogP contribution is 2.41. The van der Waals surface area contributed by atoms with Crippen LogP contribution in [0.4, 0.5) is 10.9 Å². The number of pyridine rings is 1. The van der Waals surface area contributed by atoms with Gasteiger partial charge in [-0.2, -0.15) is 0 Å². The van der Waals surface area contributed by atoms with Gasteiger partial charge in [0.05, 0.1) is 17.9 Å². The molecule has 2 heterocycles. The van der Waals surface area contributed by atoms with Crippen LogP contribution in [0.3, 0.4) is 0 Å². The first-order valence-corrected chi connectivity index (χ1v) is 11.4. The van der Waals surface area contributed by atoms with Crippen LogP contribution < -0.4 is 15.8 Å². The molecule has 0 radical (unpaired) electrons. The van der Waals surface area contributed by atoms with Crippen LogP contribution in [0.25, 0.3) is 11.1 Å². The second-order valence-electron chi connectivity index (χ2n) is 8.01. The Hall–Kier alpha value is -2.97. The molecule has 0 aliphatic heterocycles. The molecule has 8 heteroatoms. The van der Waals surface area contributed by atoms with E-state index in [1.165, 1.54) is 0 Å². The molecule has 1 atom stereocenters. The zero-order chi connectivity index (χ0) is 21.4. The van der Waals surface area contributed by atoms with Crippen molar-refractivity contribution in [1.82, 2.24) is 9.97 Å². The highest BCUT2D eigenvalue weighted by atomic mass is 32.1. The van der Waals surface area contributed by atoms with Gasteiger partial charge in [0.25, 0.3) is 0 Å². The first-order chi connectivity index (χ1) is 15.1. The second kappa shape index (κ2) is 8.28. The van der Waals surface area contributed by atoms with Crippen molar-refractivity contribution in [3.8, 4) is 16.9 Å². The number of primary amides is 1. The van der Waals surface area contributed by atoms with Crippen LogP contribution >= 0.6 is 11.3 Å². The lowest BCUT2D eigenvalue weighted by Gasteiger charge is -2.28. The summed E-state index contributed by atoms with van der Waals surface area (Å²) in [6.07, 6.45) is 7.17. The summed E-state index contributed by atoms with van der Waals surface area (Å²) in [7, 11) is 0. The number of ether oxygens (including phenoxy) is 1. The summed E-state index contributed by atoms with van der Waals surface area (Å²) in [4.78, 5) is 21.9. The molecule has 1 aromatic carbocycles. The maximum Gasteiger partial charge on any atom is 0.248 e. The molecule has 160 valence electrons. The molecule has 3 aromatic rings. The number of aliphatic hydroxyl groups is 1. The normalized spacial score (nSPS) is 18.2. The topological polar surface area (TPSA) is 110 Å². The molecular formula is C23H24N4O3S. The highest BCUT2D eigenvalue weighted by molar-refractivity contribution is 7.15. The molecule has 0 saturated heterocycles. The Morgan fingerprint density at radius 1 is 1.23 bits per heavy atom. The number of hydrogen-bond acceptors (Lipinski definition) is 7. The Labute approximate surface area is 184 Å². The quantitative estimate of drug-likeness (QED) is 0.530. The van der Waals surface area contributed by atoms with Crippen LogP contribution in [0, 0.1) is 0 Å². The number of carbonyl (C=O) groups is 1. The first-order valence-electron chi connectivity index (χ1n) is 10.6. The molecular weight excluding hydrogens is 412 g/mol. The molecule has 2 aliphatic carbocycles. The smallest absolute Gasteiger partial charge is 0.248 e. The maximum atomic E-state index is 11.7. The van der Waals surface area contributed by atoms with E-state index in [0.717, 1.165) is 60.2 Å². The monoisotopic (exact) mass is 436 g/mol. The number of nitrogens with two attached hydrogens (primary N) is 1. The second-order valence-corrected chi connectivity index (χ2v) is 9.10. The van der Waals surface area contributed by atoms with Crippen LogP contribution in [-0.4, -0.2) is 27.1 Å². The molecule has 1 unspecified atom stereocenters. The first kappa shape index (κ1) is 20.0. The Morgan fingerprint density at radius 3 is 2.84 bits per heavy atom. The molecule has 1 saturated carbocycles. The van der Waals surface area contributed by atoms with Crippen molar-refractivity contribution in [2.24, 2.45) is 5.73 Å². The van der Waals surface area contributed by atoms with Crippen molar-refractivity contribution < 1.29 is 14.6 Å². The van der Waals surface area contributed by atoms with Crippen molar-refractivity contribution in [1.29, 1.82) is 0 Å². The molecule has 1 amide bonds. The molecule has 4 N–H and O–H groups in total. The van der Waals surface area contributed by atoms with E-state index in [9.17, 15) is 9.90 Å². The van der Waals surface area contributed by atoms with Gasteiger partial charge < -0.3 is 20.9 Å². The van der Waals surface area contributed by atoms with Gasteiger partial charge in [0.2, 0.25) is 5.91 Å². The zero-order valence-corrected chi connectivity index (χ0v) is 17.8. The summed E-state index contributed by atoms with van der Waals surface area (Å²) in [6, 6.07) is 9.09. The number of benzene rings is 1. The molecule has 5 rings (SSSR count). The minimum absolute atomic E-state index is 0.147. The van der Waals surface area contributed by atoms with Crippen LogP contribution in [-0.2, 0) is 6.42 Å². The van der Waals surface area contributed by atoms with Gasteiger partial charge in [0, 0.05) is 22.2 Å². The summed E-state index contributed by atoms with van der Waals surface area (Å²) in [5.74, 6) is 0.750. The molecule has 0 bridgehead atoms. The van der Waals surface area contributed by atoms with Gasteiger partial charge in [-0.25, -0.2) is 9.97 Å². The number of anilines is 2. The average Bonchev–Trinajstić information content (AvgIpc) is 3.15. The van der Waals surface area contributed by atoms with Gasteiger partial charge in [0.1, 0.15) is 0 Å². The van der Waals surface area contributed by atoms with E-state index in [1.807, 2.05) is 18.2 Å². The molecule has 2 aliphatic rings. The van der Waals surface area contributed by atoms with Gasteiger partial charge in [-0.3, -0.25) is 4.79 Å². The Morgan fingerprint density at radius 2 is 2.10 bits per heavy atom. The Balaban J connectivity index is 1.53. The number of nitrogens with one attached hydrogen (secondary N) is 1. The minimum atomic E-state index is -0.503. The number of aryl methyl sites for hydroxylation is 1. The fourth-order valence-electron chi connectivity index (χ4n) is 3.93. The minimum Gasteiger partial charge on any atom is -0.486 e. The van der Waals surface area contributed by atoms with Gasteiger partial charge in [-0.1, -0.05) is 12.1 Å². The lowest BCUT2D eigenvalue weighted by molar-refractivity contribution is 0.1000. The number of thiazole rings is 1. The third-order valence-corrected chi connectivity index (χ3v) is 6.90. The summed E-state index contributed by atoms with van der Waals surface area (Å²) >= 11 is 1.55. The third kappa shape index (κ3) is 4.00. The lowest BCUT2D eigenvalue weighted by Crippen LogP contribution is -2.25. The number of nitrogens with zero attached hydrogens (tertiary/aromatic N) is 2. The number of amides is 1. The predicted molar refractivity (Wildman–Crippen MR) is 120 cm³/mol. The van der Waals surface area contributed by atoms with E-state index < -0.39 is 12.0 Å². The standard InChI is InChI=1S/C23H24N4O3S/c24-21(29)14-5-1-4-13(12-14)16-10-11-25-22(20(16)30-15-6-2-7-15)27-23-26-19-17(28)8-3-9-18(19)31-23/h1,4-5,10-12,15,17,28H,2-3,6-9H2,(H2,24,29)(H,25,26,27). The number of aromatic nitrogens is 2. The number of aliphatic hydroxyl groups excluding tert-OH is 1. The van der Waals surface area contributed by atoms with E-state index in [1.54, 1.807) is 29.7 Å². The Bertz CT molecular complexity index is 1130. The fraction of sp³-hybridized carbons (Fsp3) is 0.348. The van der Waals surface area contributed by atoms with Gasteiger partial charge in [-0.15, -0.1) is 11.3 Å². The van der Waals surface area contributed by atoms with Crippen molar-refractivity contribution in [2.75, 3.05) is 5.32 Å². The maximum absolute atomic E-state index is 11.7. The summed E-state index contributed by atoms with van der Waals surface area (Å²) < 4.78 is 6.35. The average molecular weight is 437 g/mol. The Kier molecular flexibility index (Phi) is 5.33. The summed E-state index contributed by atoms with van der Waals surface area (Å²) in [6.45, 7) is 0. The van der Waals surface area contributed by atoms with Crippen LogP contribution in [0.1, 0.15) is 59.1 Å². The molecule has 2 aromatic heterocycles. The van der Waals surface area contributed by atoms with Crippen LogP contribution in [0.15, 0.2) is 36.5 Å². The van der Waals surface area contributed by atoms with Crippen LogP contribution in [0.2, 0.25) is 0 Å². The van der Waals surface area contributed by atoms with E-state index in [0.29, 0.717) is 22.3 Å². The van der Waals surface area contributed by atoms with Crippen LogP contribution in [0.5, 0.6) is 5.75 Å². The number of fused-ring (bicyclic) bond motifs is 1.